The molecule has 134 valence electrons. The Hall–Kier alpha value is -2.73. The maximum atomic E-state index is 12.2. The predicted molar refractivity (Wildman–Crippen MR) is 102 cm³/mol. The lowest BCUT2D eigenvalue weighted by molar-refractivity contribution is -0.117. The minimum atomic E-state index is -0.214. The van der Waals surface area contributed by atoms with Gasteiger partial charge in [0, 0.05) is 11.3 Å². The third kappa shape index (κ3) is 4.67. The van der Waals surface area contributed by atoms with E-state index in [1.807, 2.05) is 42.5 Å². The van der Waals surface area contributed by atoms with Crippen molar-refractivity contribution < 1.29 is 4.79 Å². The van der Waals surface area contributed by atoms with Crippen LogP contribution >= 0.6 is 11.6 Å². The summed E-state index contributed by atoms with van der Waals surface area (Å²) in [5.41, 5.74) is 2.71. The van der Waals surface area contributed by atoms with Crippen LogP contribution in [0.3, 0.4) is 0 Å². The van der Waals surface area contributed by atoms with Gasteiger partial charge in [0.25, 0.3) is 0 Å². The van der Waals surface area contributed by atoms with Crippen LogP contribution in [0, 0.1) is 0 Å². The number of carbonyl (C=O) groups excluding carboxylic acids is 1. The van der Waals surface area contributed by atoms with Crippen molar-refractivity contribution >= 4 is 23.2 Å². The molecule has 0 atom stereocenters. The van der Waals surface area contributed by atoms with Gasteiger partial charge in [0.15, 0.2) is 0 Å². The molecule has 1 aromatic heterocycles. The second kappa shape index (κ2) is 8.58. The van der Waals surface area contributed by atoms with Crippen LogP contribution in [0.5, 0.6) is 0 Å². The number of tetrazole rings is 1. The topological polar surface area (TPSA) is 72.7 Å². The van der Waals surface area contributed by atoms with E-state index in [-0.39, 0.29) is 12.5 Å². The summed E-state index contributed by atoms with van der Waals surface area (Å²) >= 11 is 6.13. The standard InChI is InChI=1S/C19H20ClN5O/c1-2-3-6-14-9-11-15(12-10-14)21-18(26)13-25-23-19(22-24-25)16-7-4-5-8-17(16)20/h4-5,7-12H,2-3,6,13H2,1H3,(H,21,26). The van der Waals surface area contributed by atoms with Gasteiger partial charge in [-0.1, -0.05) is 49.2 Å². The fourth-order valence-corrected chi connectivity index (χ4v) is 2.75. The highest BCUT2D eigenvalue weighted by Gasteiger charge is 2.11. The average molecular weight is 370 g/mol. The van der Waals surface area contributed by atoms with Crippen LogP contribution in [-0.4, -0.2) is 26.1 Å². The van der Waals surface area contributed by atoms with E-state index >= 15 is 0 Å². The highest BCUT2D eigenvalue weighted by atomic mass is 35.5. The van der Waals surface area contributed by atoms with Gasteiger partial charge in [0.2, 0.25) is 11.7 Å². The summed E-state index contributed by atoms with van der Waals surface area (Å²) in [5.74, 6) is 0.179. The third-order valence-electron chi connectivity index (χ3n) is 3.91. The minimum Gasteiger partial charge on any atom is -0.324 e. The molecule has 0 saturated carbocycles. The summed E-state index contributed by atoms with van der Waals surface area (Å²) in [6.45, 7) is 2.15. The van der Waals surface area contributed by atoms with E-state index in [4.69, 9.17) is 11.6 Å². The largest absolute Gasteiger partial charge is 0.324 e. The number of nitrogens with one attached hydrogen (secondary N) is 1. The number of aromatic nitrogens is 4. The van der Waals surface area contributed by atoms with E-state index in [0.29, 0.717) is 16.4 Å². The van der Waals surface area contributed by atoms with E-state index in [0.717, 1.165) is 18.5 Å². The van der Waals surface area contributed by atoms with Gasteiger partial charge in [0.05, 0.1) is 5.02 Å². The summed E-state index contributed by atoms with van der Waals surface area (Å²) in [7, 11) is 0. The second-order valence-corrected chi connectivity index (χ2v) is 6.38. The Morgan fingerprint density at radius 2 is 1.92 bits per heavy atom. The van der Waals surface area contributed by atoms with Gasteiger partial charge in [-0.05, 0) is 47.9 Å². The zero-order valence-electron chi connectivity index (χ0n) is 14.5. The molecule has 6 nitrogen and oxygen atoms in total. The van der Waals surface area contributed by atoms with Crippen LogP contribution in [0.25, 0.3) is 11.4 Å². The van der Waals surface area contributed by atoms with Crippen molar-refractivity contribution in [1.29, 1.82) is 0 Å². The van der Waals surface area contributed by atoms with Gasteiger partial charge in [0.1, 0.15) is 6.54 Å². The molecule has 0 bridgehead atoms. The van der Waals surface area contributed by atoms with Crippen LogP contribution in [-0.2, 0) is 17.8 Å². The smallest absolute Gasteiger partial charge is 0.248 e. The molecule has 7 heteroatoms. The Balaban J connectivity index is 1.59. The van der Waals surface area contributed by atoms with Crippen molar-refractivity contribution in [3.63, 3.8) is 0 Å². The molecule has 1 N–H and O–H groups in total. The maximum absolute atomic E-state index is 12.2. The molecule has 26 heavy (non-hydrogen) atoms. The Morgan fingerprint density at radius 1 is 1.15 bits per heavy atom. The fourth-order valence-electron chi connectivity index (χ4n) is 2.53. The first-order valence-corrected chi connectivity index (χ1v) is 8.95. The number of aryl methyl sites for hydroxylation is 1. The molecule has 3 aromatic rings. The first-order valence-electron chi connectivity index (χ1n) is 8.57. The first-order chi connectivity index (χ1) is 12.7. The Bertz CT molecular complexity index is 876. The Morgan fingerprint density at radius 3 is 2.65 bits per heavy atom. The lowest BCUT2D eigenvalue weighted by atomic mass is 10.1. The summed E-state index contributed by atoms with van der Waals surface area (Å²) in [4.78, 5) is 13.4. The number of unbranched alkanes of at least 4 members (excludes halogenated alkanes) is 1. The third-order valence-corrected chi connectivity index (χ3v) is 4.24. The molecule has 0 aliphatic rings. The van der Waals surface area contributed by atoms with Gasteiger partial charge in [-0.25, -0.2) is 0 Å². The van der Waals surface area contributed by atoms with Gasteiger partial charge in [-0.3, -0.25) is 4.79 Å². The van der Waals surface area contributed by atoms with Crippen LogP contribution in [0.15, 0.2) is 48.5 Å². The van der Waals surface area contributed by atoms with Crippen molar-refractivity contribution in [3.05, 3.63) is 59.1 Å². The first kappa shape index (κ1) is 18.1. The molecule has 0 fully saturated rings. The van der Waals surface area contributed by atoms with Crippen molar-refractivity contribution in [2.45, 2.75) is 32.7 Å². The molecule has 0 aliphatic carbocycles. The van der Waals surface area contributed by atoms with Crippen molar-refractivity contribution in [2.24, 2.45) is 0 Å². The van der Waals surface area contributed by atoms with E-state index in [2.05, 4.69) is 27.7 Å². The lowest BCUT2D eigenvalue weighted by Gasteiger charge is -2.06. The summed E-state index contributed by atoms with van der Waals surface area (Å²) in [6.07, 6.45) is 3.38. The SMILES string of the molecule is CCCCc1ccc(NC(=O)Cn2nnc(-c3ccccc3Cl)n2)cc1. The van der Waals surface area contributed by atoms with Gasteiger partial charge in [-0.2, -0.15) is 4.80 Å². The molecule has 1 heterocycles. The zero-order valence-corrected chi connectivity index (χ0v) is 15.3. The molecule has 2 aromatic carbocycles. The molecule has 0 unspecified atom stereocenters. The highest BCUT2D eigenvalue weighted by Crippen LogP contribution is 2.23. The number of amides is 1. The van der Waals surface area contributed by atoms with Gasteiger partial charge < -0.3 is 5.32 Å². The number of halogens is 1. The van der Waals surface area contributed by atoms with Crippen LogP contribution in [0.4, 0.5) is 5.69 Å². The lowest BCUT2D eigenvalue weighted by Crippen LogP contribution is -2.20. The van der Waals surface area contributed by atoms with Crippen molar-refractivity contribution in [2.75, 3.05) is 5.32 Å². The van der Waals surface area contributed by atoms with Crippen LogP contribution in [0.2, 0.25) is 5.02 Å². The Labute approximate surface area is 157 Å². The number of benzene rings is 2. The molecular formula is C19H20ClN5O. The van der Waals surface area contributed by atoms with Crippen LogP contribution < -0.4 is 5.32 Å². The molecule has 3 rings (SSSR count). The summed E-state index contributed by atoms with van der Waals surface area (Å²) in [5, 5.41) is 15.5. The molecule has 0 aliphatic heterocycles. The highest BCUT2D eigenvalue weighted by molar-refractivity contribution is 6.33. The normalized spacial score (nSPS) is 10.7. The molecule has 0 saturated heterocycles. The molecule has 1 amide bonds. The van der Waals surface area contributed by atoms with E-state index < -0.39 is 0 Å². The van der Waals surface area contributed by atoms with Crippen LogP contribution in [0.1, 0.15) is 25.3 Å². The van der Waals surface area contributed by atoms with Crippen molar-refractivity contribution in [1.82, 2.24) is 20.2 Å². The average Bonchev–Trinajstić information content (AvgIpc) is 3.09. The number of hydrogen-bond acceptors (Lipinski definition) is 4. The van der Waals surface area contributed by atoms with Gasteiger partial charge >= 0.3 is 0 Å². The number of nitrogens with zero attached hydrogens (tertiary/aromatic N) is 4. The zero-order chi connectivity index (χ0) is 18.4. The molecule has 0 spiro atoms. The summed E-state index contributed by atoms with van der Waals surface area (Å²) in [6, 6.07) is 15.1. The fraction of sp³-hybridized carbons (Fsp3) is 0.263. The Kier molecular flexibility index (Phi) is 5.96. The van der Waals surface area contributed by atoms with E-state index in [1.54, 1.807) is 6.07 Å². The maximum Gasteiger partial charge on any atom is 0.248 e. The number of carbonyl (C=O) groups is 1. The summed E-state index contributed by atoms with van der Waals surface area (Å²) < 4.78 is 0. The molecular weight excluding hydrogens is 350 g/mol. The predicted octanol–water partition coefficient (Wildman–Crippen LogP) is 3.97. The van der Waals surface area contributed by atoms with Crippen molar-refractivity contribution in [3.8, 4) is 11.4 Å². The monoisotopic (exact) mass is 369 g/mol. The number of hydrogen-bond donors (Lipinski definition) is 1. The quantitative estimate of drug-likeness (QED) is 0.683. The minimum absolute atomic E-state index is 0.0188. The number of anilines is 1. The van der Waals surface area contributed by atoms with E-state index in [1.165, 1.54) is 16.8 Å². The van der Waals surface area contributed by atoms with Gasteiger partial charge in [-0.15, -0.1) is 10.2 Å². The van der Waals surface area contributed by atoms with E-state index in [9.17, 15) is 4.79 Å². The number of rotatable bonds is 7. The molecule has 0 radical (unpaired) electrons. The second-order valence-electron chi connectivity index (χ2n) is 5.97.